The second-order valence-corrected chi connectivity index (χ2v) is 7.19. The number of nitrogens with zero attached hydrogens (tertiary/aromatic N) is 1. The van der Waals surface area contributed by atoms with E-state index in [0.29, 0.717) is 41.2 Å². The van der Waals surface area contributed by atoms with Gasteiger partial charge in [0.2, 0.25) is 0 Å². The molecule has 0 radical (unpaired) electrons. The topological polar surface area (TPSA) is 57.4 Å². The van der Waals surface area contributed by atoms with Crippen LogP contribution in [-0.2, 0) is 13.0 Å². The van der Waals surface area contributed by atoms with Crippen molar-refractivity contribution in [2.24, 2.45) is 5.73 Å². The van der Waals surface area contributed by atoms with Crippen LogP contribution in [0.4, 0.5) is 0 Å². The molecule has 1 heterocycles. The molecule has 3 aromatic rings. The van der Waals surface area contributed by atoms with E-state index in [9.17, 15) is 0 Å². The molecular formula is C22H22Cl2N2O2. The van der Waals surface area contributed by atoms with Crippen LogP contribution in [0, 0.1) is 0 Å². The Balaban J connectivity index is 1.78. The van der Waals surface area contributed by atoms with Gasteiger partial charge in [-0.25, -0.2) is 0 Å². The molecule has 146 valence electrons. The molecule has 0 saturated heterocycles. The molecule has 1 unspecified atom stereocenters. The number of hydrogen-bond acceptors (Lipinski definition) is 4. The minimum atomic E-state index is -0.180. The summed E-state index contributed by atoms with van der Waals surface area (Å²) in [4.78, 5) is 4.13. The van der Waals surface area contributed by atoms with E-state index >= 15 is 0 Å². The van der Waals surface area contributed by atoms with Gasteiger partial charge in [0.15, 0.2) is 11.5 Å². The van der Waals surface area contributed by atoms with Gasteiger partial charge in [-0.2, -0.15) is 0 Å². The van der Waals surface area contributed by atoms with Crippen LogP contribution in [0.15, 0.2) is 60.9 Å². The Morgan fingerprint density at radius 3 is 2.50 bits per heavy atom. The first-order valence-electron chi connectivity index (χ1n) is 9.04. The Bertz CT molecular complexity index is 902. The molecule has 2 N–H and O–H groups in total. The summed E-state index contributed by atoms with van der Waals surface area (Å²) in [5.41, 5.74) is 9.26. The number of halogens is 2. The third-order valence-corrected chi connectivity index (χ3v) is 4.77. The maximum Gasteiger partial charge on any atom is 0.180 e. The largest absolute Gasteiger partial charge is 0.490 e. The molecule has 0 saturated carbocycles. The maximum atomic E-state index is 6.51. The Morgan fingerprint density at radius 1 is 1.04 bits per heavy atom. The third-order valence-electron chi connectivity index (χ3n) is 4.23. The van der Waals surface area contributed by atoms with Crippen LogP contribution in [-0.4, -0.2) is 11.6 Å². The van der Waals surface area contributed by atoms with Crippen molar-refractivity contribution >= 4 is 23.2 Å². The maximum absolute atomic E-state index is 6.51. The third kappa shape index (κ3) is 5.38. The lowest BCUT2D eigenvalue weighted by atomic mass is 10.0. The highest BCUT2D eigenvalue weighted by Gasteiger charge is 2.15. The molecule has 3 rings (SSSR count). The average molecular weight is 417 g/mol. The number of benzene rings is 2. The first-order chi connectivity index (χ1) is 13.6. The van der Waals surface area contributed by atoms with Crippen LogP contribution < -0.4 is 15.2 Å². The Hall–Kier alpha value is -2.27. The molecule has 1 aromatic heterocycles. The fourth-order valence-electron chi connectivity index (χ4n) is 2.85. The molecule has 0 fully saturated rings. The summed E-state index contributed by atoms with van der Waals surface area (Å²) in [6, 6.07) is 15.0. The molecule has 6 heteroatoms. The summed E-state index contributed by atoms with van der Waals surface area (Å²) < 4.78 is 11.7. The lowest BCUT2D eigenvalue weighted by molar-refractivity contribution is 0.269. The van der Waals surface area contributed by atoms with E-state index < -0.39 is 0 Å². The molecule has 28 heavy (non-hydrogen) atoms. The van der Waals surface area contributed by atoms with Gasteiger partial charge in [0.1, 0.15) is 6.61 Å². The van der Waals surface area contributed by atoms with Crippen molar-refractivity contribution in [1.29, 1.82) is 0 Å². The molecule has 2 aromatic carbocycles. The van der Waals surface area contributed by atoms with Crippen LogP contribution in [0.2, 0.25) is 10.0 Å². The SMILES string of the molecule is CCOc1cc(CC(N)c2cccnc2)cc(Cl)c1OCc1ccc(Cl)cc1. The minimum Gasteiger partial charge on any atom is -0.490 e. The molecular weight excluding hydrogens is 395 g/mol. The van der Waals surface area contributed by atoms with E-state index in [-0.39, 0.29) is 6.04 Å². The van der Waals surface area contributed by atoms with E-state index in [0.717, 1.165) is 16.7 Å². The fraction of sp³-hybridized carbons (Fsp3) is 0.227. The van der Waals surface area contributed by atoms with Crippen LogP contribution in [0.5, 0.6) is 11.5 Å². The zero-order valence-electron chi connectivity index (χ0n) is 15.6. The Kier molecular flexibility index (Phi) is 7.15. The molecule has 0 aliphatic rings. The first kappa shape index (κ1) is 20.5. The summed E-state index contributed by atoms with van der Waals surface area (Å²) in [6.45, 7) is 2.79. The monoisotopic (exact) mass is 416 g/mol. The molecule has 0 aliphatic carbocycles. The highest BCUT2D eigenvalue weighted by Crippen LogP contribution is 2.38. The molecule has 0 aliphatic heterocycles. The van der Waals surface area contributed by atoms with Crippen LogP contribution in [0.3, 0.4) is 0 Å². The van der Waals surface area contributed by atoms with E-state index in [1.807, 2.05) is 55.5 Å². The summed E-state index contributed by atoms with van der Waals surface area (Å²) in [6.07, 6.45) is 4.12. The molecule has 1 atom stereocenters. The average Bonchev–Trinajstić information content (AvgIpc) is 2.69. The zero-order valence-corrected chi connectivity index (χ0v) is 17.1. The van der Waals surface area contributed by atoms with Crippen molar-refractivity contribution < 1.29 is 9.47 Å². The second kappa shape index (κ2) is 9.78. The number of pyridine rings is 1. The van der Waals surface area contributed by atoms with Gasteiger partial charge in [-0.1, -0.05) is 41.4 Å². The van der Waals surface area contributed by atoms with Gasteiger partial charge in [0.25, 0.3) is 0 Å². The van der Waals surface area contributed by atoms with Gasteiger partial charge >= 0.3 is 0 Å². The van der Waals surface area contributed by atoms with Crippen LogP contribution in [0.1, 0.15) is 29.7 Å². The second-order valence-electron chi connectivity index (χ2n) is 6.35. The van der Waals surface area contributed by atoms with Crippen molar-refractivity contribution in [1.82, 2.24) is 4.98 Å². The minimum absolute atomic E-state index is 0.180. The predicted octanol–water partition coefficient (Wildman–Crippen LogP) is 5.61. The summed E-state index contributed by atoms with van der Waals surface area (Å²) in [5, 5.41) is 1.18. The van der Waals surface area contributed by atoms with Crippen molar-refractivity contribution in [2.45, 2.75) is 26.0 Å². The highest BCUT2D eigenvalue weighted by molar-refractivity contribution is 6.32. The van der Waals surface area contributed by atoms with Gasteiger partial charge in [-0.15, -0.1) is 0 Å². The van der Waals surface area contributed by atoms with Crippen LogP contribution in [0.25, 0.3) is 0 Å². The highest BCUT2D eigenvalue weighted by atomic mass is 35.5. The summed E-state index contributed by atoms with van der Waals surface area (Å²) in [7, 11) is 0. The van der Waals surface area contributed by atoms with Crippen molar-refractivity contribution in [3.8, 4) is 11.5 Å². The van der Waals surface area contributed by atoms with Gasteiger partial charge < -0.3 is 15.2 Å². The predicted molar refractivity (Wildman–Crippen MR) is 113 cm³/mol. The quantitative estimate of drug-likeness (QED) is 0.518. The smallest absolute Gasteiger partial charge is 0.180 e. The normalized spacial score (nSPS) is 11.9. The number of rotatable bonds is 8. The summed E-state index contributed by atoms with van der Waals surface area (Å²) in [5.74, 6) is 1.13. The van der Waals surface area contributed by atoms with Crippen molar-refractivity contribution in [3.05, 3.63) is 87.7 Å². The van der Waals surface area contributed by atoms with Gasteiger partial charge in [0, 0.05) is 23.5 Å². The Labute approximate surface area is 175 Å². The number of aromatic nitrogens is 1. The Morgan fingerprint density at radius 2 is 1.82 bits per heavy atom. The summed E-state index contributed by atoms with van der Waals surface area (Å²) >= 11 is 12.4. The van der Waals surface area contributed by atoms with E-state index in [1.54, 1.807) is 12.4 Å². The number of ether oxygens (including phenoxy) is 2. The van der Waals surface area contributed by atoms with Gasteiger partial charge in [-0.3, -0.25) is 4.98 Å². The van der Waals surface area contributed by atoms with Crippen LogP contribution >= 0.6 is 23.2 Å². The van der Waals surface area contributed by atoms with Gasteiger partial charge in [0.05, 0.1) is 11.6 Å². The van der Waals surface area contributed by atoms with E-state index in [1.165, 1.54) is 0 Å². The zero-order chi connectivity index (χ0) is 19.9. The fourth-order valence-corrected chi connectivity index (χ4v) is 3.26. The lowest BCUT2D eigenvalue weighted by Crippen LogP contribution is -2.13. The van der Waals surface area contributed by atoms with E-state index in [2.05, 4.69) is 4.98 Å². The number of hydrogen-bond donors (Lipinski definition) is 1. The van der Waals surface area contributed by atoms with Crippen molar-refractivity contribution in [3.63, 3.8) is 0 Å². The standard InChI is InChI=1S/C22H22Cl2N2O2/c1-2-27-21-12-16(11-20(25)17-4-3-9-26-13-17)10-19(24)22(21)28-14-15-5-7-18(23)8-6-15/h3-10,12-13,20H,2,11,14,25H2,1H3. The first-order valence-corrected chi connectivity index (χ1v) is 9.80. The number of nitrogens with two attached hydrogens (primary N) is 1. The van der Waals surface area contributed by atoms with Gasteiger partial charge in [-0.05, 0) is 60.4 Å². The van der Waals surface area contributed by atoms with Crippen molar-refractivity contribution in [2.75, 3.05) is 6.61 Å². The molecule has 0 amide bonds. The lowest BCUT2D eigenvalue weighted by Gasteiger charge is -2.17. The molecule has 4 nitrogen and oxygen atoms in total. The molecule has 0 bridgehead atoms. The van der Waals surface area contributed by atoms with E-state index in [4.69, 9.17) is 38.4 Å². The molecule has 0 spiro atoms.